The molecule has 0 atom stereocenters. The zero-order chi connectivity index (χ0) is 22.8. The van der Waals surface area contributed by atoms with Crippen LogP contribution in [0.4, 0.5) is 5.69 Å². The molecule has 162 valence electrons. The van der Waals surface area contributed by atoms with E-state index in [0.717, 1.165) is 39.2 Å². The van der Waals surface area contributed by atoms with Gasteiger partial charge in [-0.1, -0.05) is 60.7 Å². The fourth-order valence-corrected chi connectivity index (χ4v) is 4.12. The average molecular weight is 432 g/mol. The lowest BCUT2D eigenvalue weighted by Gasteiger charge is -2.18. The summed E-state index contributed by atoms with van der Waals surface area (Å²) in [4.78, 5) is 21.5. The number of aryl methyl sites for hydroxylation is 2. The van der Waals surface area contributed by atoms with Crippen LogP contribution < -0.4 is 5.32 Å². The molecule has 0 fully saturated rings. The van der Waals surface area contributed by atoms with Crippen LogP contribution in [0.15, 0.2) is 97.1 Å². The van der Waals surface area contributed by atoms with Crippen LogP contribution >= 0.6 is 0 Å². The van der Waals surface area contributed by atoms with Gasteiger partial charge in [-0.05, 0) is 72.5 Å². The maximum atomic E-state index is 13.3. The molecular weight excluding hydrogens is 406 g/mol. The van der Waals surface area contributed by atoms with E-state index in [0.29, 0.717) is 0 Å². The van der Waals surface area contributed by atoms with Crippen LogP contribution in [0.25, 0.3) is 22.4 Å². The summed E-state index contributed by atoms with van der Waals surface area (Å²) < 4.78 is 0. The van der Waals surface area contributed by atoms with Gasteiger partial charge in [0.1, 0.15) is 5.82 Å². The van der Waals surface area contributed by atoms with Crippen molar-refractivity contribution in [3.8, 4) is 11.4 Å². The monoisotopic (exact) mass is 431 g/mol. The van der Waals surface area contributed by atoms with Gasteiger partial charge in [-0.2, -0.15) is 0 Å². The molecule has 0 aliphatic rings. The Morgan fingerprint density at radius 2 is 1.36 bits per heavy atom. The molecule has 33 heavy (non-hydrogen) atoms. The van der Waals surface area contributed by atoms with Gasteiger partial charge in [0.2, 0.25) is 5.91 Å². The van der Waals surface area contributed by atoms with Gasteiger partial charge in [0, 0.05) is 11.3 Å². The fraction of sp³-hybridized carbons (Fsp3) is 0.103. The number of H-pyrrole nitrogens is 1. The number of rotatable bonds is 5. The quantitative estimate of drug-likeness (QED) is 0.329. The van der Waals surface area contributed by atoms with E-state index in [1.54, 1.807) is 0 Å². The summed E-state index contributed by atoms with van der Waals surface area (Å²) in [5, 5.41) is 3.09. The SMILES string of the molecule is Cc1cc2nc(-c3ccc(NC(=O)C(c4ccccc4)c4ccccc4)cc3)[nH]c2cc1C. The lowest BCUT2D eigenvalue weighted by molar-refractivity contribution is -0.116. The van der Waals surface area contributed by atoms with Crippen molar-refractivity contribution in [2.24, 2.45) is 0 Å². The Morgan fingerprint density at radius 1 is 0.788 bits per heavy atom. The third-order valence-electron chi connectivity index (χ3n) is 6.05. The van der Waals surface area contributed by atoms with Crippen LogP contribution in [-0.4, -0.2) is 15.9 Å². The fourth-order valence-electron chi connectivity index (χ4n) is 4.12. The largest absolute Gasteiger partial charge is 0.338 e. The molecule has 0 radical (unpaired) electrons. The van der Waals surface area contributed by atoms with Crippen molar-refractivity contribution in [2.75, 3.05) is 5.32 Å². The molecule has 0 aliphatic heterocycles. The van der Waals surface area contributed by atoms with E-state index in [4.69, 9.17) is 4.98 Å². The van der Waals surface area contributed by atoms with Gasteiger partial charge in [0.15, 0.2) is 0 Å². The van der Waals surface area contributed by atoms with Crippen LogP contribution in [0.2, 0.25) is 0 Å². The zero-order valence-electron chi connectivity index (χ0n) is 18.7. The van der Waals surface area contributed by atoms with Gasteiger partial charge in [-0.25, -0.2) is 4.98 Å². The number of nitrogens with one attached hydrogen (secondary N) is 2. The topological polar surface area (TPSA) is 57.8 Å². The van der Waals surface area contributed by atoms with Crippen LogP contribution in [0.1, 0.15) is 28.2 Å². The Labute approximate surface area is 193 Å². The first-order valence-corrected chi connectivity index (χ1v) is 11.1. The van der Waals surface area contributed by atoms with Crippen molar-refractivity contribution in [1.82, 2.24) is 9.97 Å². The van der Waals surface area contributed by atoms with Crippen LogP contribution in [-0.2, 0) is 4.79 Å². The molecule has 4 nitrogen and oxygen atoms in total. The molecule has 2 N–H and O–H groups in total. The molecule has 1 aromatic heterocycles. The summed E-state index contributed by atoms with van der Waals surface area (Å²) in [5.74, 6) is 0.378. The van der Waals surface area contributed by atoms with Crippen molar-refractivity contribution >= 4 is 22.6 Å². The molecule has 0 saturated carbocycles. The molecule has 5 rings (SSSR count). The first-order chi connectivity index (χ1) is 16.1. The number of aromatic amines is 1. The number of carbonyl (C=O) groups is 1. The Kier molecular flexibility index (Phi) is 5.49. The second-order valence-corrected chi connectivity index (χ2v) is 8.36. The number of fused-ring (bicyclic) bond motifs is 1. The highest BCUT2D eigenvalue weighted by Crippen LogP contribution is 2.28. The first-order valence-electron chi connectivity index (χ1n) is 11.1. The minimum Gasteiger partial charge on any atom is -0.338 e. The van der Waals surface area contributed by atoms with E-state index in [9.17, 15) is 4.79 Å². The second kappa shape index (κ2) is 8.75. The third kappa shape index (κ3) is 4.28. The number of imidazole rings is 1. The highest BCUT2D eigenvalue weighted by atomic mass is 16.1. The van der Waals surface area contributed by atoms with Gasteiger partial charge in [0.25, 0.3) is 0 Å². The minimum atomic E-state index is -0.381. The Bertz CT molecular complexity index is 1330. The number of anilines is 1. The summed E-state index contributed by atoms with van der Waals surface area (Å²) in [5.41, 5.74) is 8.10. The molecule has 0 spiro atoms. The Balaban J connectivity index is 1.39. The highest BCUT2D eigenvalue weighted by molar-refractivity contribution is 5.98. The lowest BCUT2D eigenvalue weighted by atomic mass is 9.90. The summed E-state index contributed by atoms with van der Waals surface area (Å²) in [7, 11) is 0. The maximum absolute atomic E-state index is 13.3. The van der Waals surface area contributed by atoms with Gasteiger partial charge >= 0.3 is 0 Å². The molecule has 4 aromatic carbocycles. The van der Waals surface area contributed by atoms with Crippen LogP contribution in [0.3, 0.4) is 0 Å². The number of nitrogens with zero attached hydrogens (tertiary/aromatic N) is 1. The van der Waals surface area contributed by atoms with E-state index in [1.807, 2.05) is 84.9 Å². The Morgan fingerprint density at radius 3 is 1.97 bits per heavy atom. The third-order valence-corrected chi connectivity index (χ3v) is 6.05. The zero-order valence-corrected chi connectivity index (χ0v) is 18.7. The van der Waals surface area contributed by atoms with E-state index in [1.165, 1.54) is 11.1 Å². The minimum absolute atomic E-state index is 0.0603. The van der Waals surface area contributed by atoms with Crippen molar-refractivity contribution in [3.63, 3.8) is 0 Å². The van der Waals surface area contributed by atoms with Crippen LogP contribution in [0, 0.1) is 13.8 Å². The van der Waals surface area contributed by atoms with Crippen molar-refractivity contribution in [1.29, 1.82) is 0 Å². The predicted octanol–water partition coefficient (Wildman–Crippen LogP) is 6.62. The standard InChI is InChI=1S/C29H25N3O/c1-19-17-25-26(18-20(19)2)32-28(31-25)23-13-15-24(16-14-23)30-29(33)27(21-9-5-3-6-10-21)22-11-7-4-8-12-22/h3-18,27H,1-2H3,(H,30,33)(H,31,32). The molecule has 5 aromatic rings. The number of carbonyl (C=O) groups excluding carboxylic acids is 1. The molecule has 0 saturated heterocycles. The predicted molar refractivity (Wildman–Crippen MR) is 134 cm³/mol. The molecule has 0 aliphatic carbocycles. The molecule has 0 bridgehead atoms. The summed E-state index contributed by atoms with van der Waals surface area (Å²) in [6, 6.07) is 31.8. The van der Waals surface area contributed by atoms with Crippen molar-refractivity contribution in [2.45, 2.75) is 19.8 Å². The van der Waals surface area contributed by atoms with Crippen molar-refractivity contribution < 1.29 is 4.79 Å². The molecular formula is C29H25N3O. The van der Waals surface area contributed by atoms with E-state index < -0.39 is 0 Å². The van der Waals surface area contributed by atoms with Crippen molar-refractivity contribution in [3.05, 3.63) is 119 Å². The number of aromatic nitrogens is 2. The number of amides is 1. The van der Waals surface area contributed by atoms with E-state index >= 15 is 0 Å². The van der Waals surface area contributed by atoms with Gasteiger partial charge in [0.05, 0.1) is 17.0 Å². The van der Waals surface area contributed by atoms with Gasteiger partial charge < -0.3 is 10.3 Å². The normalized spacial score (nSPS) is 11.1. The summed E-state index contributed by atoms with van der Waals surface area (Å²) in [6.45, 7) is 4.20. The number of hydrogen-bond donors (Lipinski definition) is 2. The van der Waals surface area contributed by atoms with E-state index in [2.05, 4.69) is 36.3 Å². The molecule has 1 amide bonds. The average Bonchev–Trinajstić information content (AvgIpc) is 3.24. The maximum Gasteiger partial charge on any atom is 0.236 e. The summed E-state index contributed by atoms with van der Waals surface area (Å²) in [6.07, 6.45) is 0. The smallest absolute Gasteiger partial charge is 0.236 e. The van der Waals surface area contributed by atoms with E-state index in [-0.39, 0.29) is 11.8 Å². The van der Waals surface area contributed by atoms with Gasteiger partial charge in [-0.3, -0.25) is 4.79 Å². The Hall–Kier alpha value is -4.18. The van der Waals surface area contributed by atoms with Crippen LogP contribution in [0.5, 0.6) is 0 Å². The van der Waals surface area contributed by atoms with Gasteiger partial charge in [-0.15, -0.1) is 0 Å². The lowest BCUT2D eigenvalue weighted by Crippen LogP contribution is -2.22. The number of benzene rings is 4. The first kappa shape index (κ1) is 20.7. The molecule has 4 heteroatoms. The summed E-state index contributed by atoms with van der Waals surface area (Å²) >= 11 is 0. The second-order valence-electron chi connectivity index (χ2n) is 8.36. The highest BCUT2D eigenvalue weighted by Gasteiger charge is 2.22. The number of hydrogen-bond acceptors (Lipinski definition) is 2. The molecule has 0 unspecified atom stereocenters. The molecule has 1 heterocycles.